The van der Waals surface area contributed by atoms with Gasteiger partial charge in [-0.1, -0.05) is 0 Å². The zero-order valence-corrected chi connectivity index (χ0v) is 8.03. The van der Waals surface area contributed by atoms with Crippen molar-refractivity contribution in [1.82, 2.24) is 9.97 Å². The highest BCUT2D eigenvalue weighted by molar-refractivity contribution is 6.01. The highest BCUT2D eigenvalue weighted by Crippen LogP contribution is 2.39. The number of fused-ring (bicyclic) bond motifs is 1. The molecule has 0 atom stereocenters. The molecule has 76 valence electrons. The van der Waals surface area contributed by atoms with Crippen molar-refractivity contribution in [3.05, 3.63) is 29.6 Å². The Morgan fingerprint density at radius 3 is 2.93 bits per heavy atom. The van der Waals surface area contributed by atoms with E-state index in [0.717, 1.165) is 11.2 Å². The molecule has 0 aromatic carbocycles. The quantitative estimate of drug-likeness (QED) is 0.784. The second-order valence-corrected chi connectivity index (χ2v) is 3.91. The fourth-order valence-corrected chi connectivity index (χ4v) is 1.78. The number of nitrogens with one attached hydrogen (secondary N) is 1. The lowest BCUT2D eigenvalue weighted by atomic mass is 10.2. The molecule has 2 aromatic heterocycles. The number of nitrogens with zero attached hydrogens (tertiary/aromatic N) is 1. The largest absolute Gasteiger partial charge is 0.478 e. The van der Waals surface area contributed by atoms with E-state index >= 15 is 0 Å². The summed E-state index contributed by atoms with van der Waals surface area (Å²) < 4.78 is 0. The van der Waals surface area contributed by atoms with Gasteiger partial charge in [0.2, 0.25) is 0 Å². The number of aromatic nitrogens is 2. The SMILES string of the molecule is O=C(O)c1c[nH]c2ccc(C3CC3)nc12. The predicted octanol–water partition coefficient (Wildman–Crippen LogP) is 2.14. The monoisotopic (exact) mass is 202 g/mol. The van der Waals surface area contributed by atoms with Crippen molar-refractivity contribution < 1.29 is 9.90 Å². The molecule has 0 amide bonds. The van der Waals surface area contributed by atoms with Crippen LogP contribution in [0.4, 0.5) is 0 Å². The molecule has 4 nitrogen and oxygen atoms in total. The Morgan fingerprint density at radius 2 is 2.27 bits per heavy atom. The molecule has 0 saturated heterocycles. The average Bonchev–Trinajstić information content (AvgIpc) is 2.97. The molecule has 0 spiro atoms. The molecule has 0 bridgehead atoms. The topological polar surface area (TPSA) is 66.0 Å². The third kappa shape index (κ3) is 1.29. The van der Waals surface area contributed by atoms with Crippen LogP contribution in [0, 0.1) is 0 Å². The van der Waals surface area contributed by atoms with Gasteiger partial charge in [-0.15, -0.1) is 0 Å². The van der Waals surface area contributed by atoms with E-state index in [0.29, 0.717) is 11.4 Å². The van der Waals surface area contributed by atoms with Crippen LogP contribution in [0.3, 0.4) is 0 Å². The molecule has 0 radical (unpaired) electrons. The first kappa shape index (κ1) is 8.47. The maximum absolute atomic E-state index is 10.9. The third-order valence-corrected chi connectivity index (χ3v) is 2.77. The van der Waals surface area contributed by atoms with Gasteiger partial charge in [-0.05, 0) is 25.0 Å². The van der Waals surface area contributed by atoms with E-state index in [-0.39, 0.29) is 5.56 Å². The van der Waals surface area contributed by atoms with Gasteiger partial charge in [0.1, 0.15) is 11.1 Å². The number of carboxylic acid groups (broad SMARTS) is 1. The van der Waals surface area contributed by atoms with Crippen molar-refractivity contribution in [2.75, 3.05) is 0 Å². The Labute approximate surface area is 86.0 Å². The third-order valence-electron chi connectivity index (χ3n) is 2.77. The molecule has 2 N–H and O–H groups in total. The Bertz CT molecular complexity index is 541. The normalized spacial score (nSPS) is 15.7. The number of H-pyrrole nitrogens is 1. The molecular formula is C11H10N2O2. The summed E-state index contributed by atoms with van der Waals surface area (Å²) in [6, 6.07) is 3.88. The smallest absolute Gasteiger partial charge is 0.339 e. The van der Waals surface area contributed by atoms with Crippen molar-refractivity contribution in [2.45, 2.75) is 18.8 Å². The van der Waals surface area contributed by atoms with Crippen LogP contribution in [0.1, 0.15) is 34.8 Å². The van der Waals surface area contributed by atoms with E-state index in [1.165, 1.54) is 19.0 Å². The molecule has 0 unspecified atom stereocenters. The van der Waals surface area contributed by atoms with Crippen LogP contribution in [-0.2, 0) is 0 Å². The first-order valence-corrected chi connectivity index (χ1v) is 4.97. The number of carbonyl (C=O) groups is 1. The van der Waals surface area contributed by atoms with Gasteiger partial charge in [0.25, 0.3) is 0 Å². The van der Waals surface area contributed by atoms with E-state index in [1.54, 1.807) is 0 Å². The number of hydrogen-bond acceptors (Lipinski definition) is 2. The summed E-state index contributed by atoms with van der Waals surface area (Å²) in [5, 5.41) is 8.96. The van der Waals surface area contributed by atoms with Crippen LogP contribution in [0.25, 0.3) is 11.0 Å². The molecule has 2 aromatic rings. The van der Waals surface area contributed by atoms with Crippen molar-refractivity contribution >= 4 is 17.0 Å². The van der Waals surface area contributed by atoms with E-state index < -0.39 is 5.97 Å². The lowest BCUT2D eigenvalue weighted by Gasteiger charge is -1.97. The highest BCUT2D eigenvalue weighted by Gasteiger charge is 2.25. The van der Waals surface area contributed by atoms with Crippen LogP contribution < -0.4 is 0 Å². The van der Waals surface area contributed by atoms with Crippen molar-refractivity contribution in [1.29, 1.82) is 0 Å². The van der Waals surface area contributed by atoms with Crippen LogP contribution in [0.2, 0.25) is 0 Å². The summed E-state index contributed by atoms with van der Waals surface area (Å²) in [6.45, 7) is 0. The molecule has 4 heteroatoms. The molecule has 0 aliphatic heterocycles. The van der Waals surface area contributed by atoms with Gasteiger partial charge in [-0.25, -0.2) is 4.79 Å². The Kier molecular flexibility index (Phi) is 1.59. The van der Waals surface area contributed by atoms with Gasteiger partial charge < -0.3 is 10.1 Å². The molecule has 1 aliphatic carbocycles. The zero-order chi connectivity index (χ0) is 10.4. The summed E-state index contributed by atoms with van der Waals surface area (Å²) in [5.41, 5.74) is 2.64. The first-order chi connectivity index (χ1) is 7.25. The van der Waals surface area contributed by atoms with Gasteiger partial charge >= 0.3 is 5.97 Å². The van der Waals surface area contributed by atoms with Crippen LogP contribution in [0.5, 0.6) is 0 Å². The number of aromatic amines is 1. The lowest BCUT2D eigenvalue weighted by molar-refractivity contribution is 0.0699. The second kappa shape index (κ2) is 2.82. The van der Waals surface area contributed by atoms with Crippen LogP contribution in [0.15, 0.2) is 18.3 Å². The minimum Gasteiger partial charge on any atom is -0.478 e. The summed E-state index contributed by atoms with van der Waals surface area (Å²) in [4.78, 5) is 18.2. The first-order valence-electron chi connectivity index (χ1n) is 4.97. The summed E-state index contributed by atoms with van der Waals surface area (Å²) in [7, 11) is 0. The van der Waals surface area contributed by atoms with Gasteiger partial charge in [0.05, 0.1) is 5.52 Å². The van der Waals surface area contributed by atoms with Gasteiger partial charge in [0, 0.05) is 17.8 Å². The van der Waals surface area contributed by atoms with E-state index in [9.17, 15) is 4.79 Å². The van der Waals surface area contributed by atoms with Crippen LogP contribution >= 0.6 is 0 Å². The molecule has 1 fully saturated rings. The number of rotatable bonds is 2. The van der Waals surface area contributed by atoms with Gasteiger partial charge in [-0.2, -0.15) is 0 Å². The molecule has 15 heavy (non-hydrogen) atoms. The summed E-state index contributed by atoms with van der Waals surface area (Å²) in [5.74, 6) is -0.382. The van der Waals surface area contributed by atoms with E-state index in [1.807, 2.05) is 12.1 Å². The minimum absolute atomic E-state index is 0.257. The van der Waals surface area contributed by atoms with E-state index in [4.69, 9.17) is 5.11 Å². The Morgan fingerprint density at radius 1 is 1.47 bits per heavy atom. The predicted molar refractivity (Wildman–Crippen MR) is 55.0 cm³/mol. The Hall–Kier alpha value is -1.84. The summed E-state index contributed by atoms with van der Waals surface area (Å²) in [6.07, 6.45) is 3.84. The fourth-order valence-electron chi connectivity index (χ4n) is 1.78. The Balaban J connectivity index is 2.21. The minimum atomic E-state index is -0.929. The maximum atomic E-state index is 10.9. The number of hydrogen-bond donors (Lipinski definition) is 2. The highest BCUT2D eigenvalue weighted by atomic mass is 16.4. The molecular weight excluding hydrogens is 192 g/mol. The van der Waals surface area contributed by atoms with Gasteiger partial charge in [0.15, 0.2) is 0 Å². The summed E-state index contributed by atoms with van der Waals surface area (Å²) >= 11 is 0. The number of carboxylic acids is 1. The molecule has 2 heterocycles. The van der Waals surface area contributed by atoms with Crippen molar-refractivity contribution in [3.8, 4) is 0 Å². The maximum Gasteiger partial charge on any atom is 0.339 e. The second-order valence-electron chi connectivity index (χ2n) is 3.91. The van der Waals surface area contributed by atoms with Crippen LogP contribution in [-0.4, -0.2) is 21.0 Å². The van der Waals surface area contributed by atoms with Crippen molar-refractivity contribution in [2.24, 2.45) is 0 Å². The molecule has 1 saturated carbocycles. The molecule has 1 aliphatic rings. The number of pyridine rings is 1. The molecule has 3 rings (SSSR count). The lowest BCUT2D eigenvalue weighted by Crippen LogP contribution is -1.96. The number of aromatic carboxylic acids is 1. The average molecular weight is 202 g/mol. The fraction of sp³-hybridized carbons (Fsp3) is 0.273. The van der Waals surface area contributed by atoms with Crippen molar-refractivity contribution in [3.63, 3.8) is 0 Å². The van der Waals surface area contributed by atoms with Gasteiger partial charge in [-0.3, -0.25) is 4.98 Å². The van der Waals surface area contributed by atoms with E-state index in [2.05, 4.69) is 9.97 Å². The standard InChI is InChI=1S/C11H10N2O2/c14-11(15)7-5-12-9-4-3-8(6-1-2-6)13-10(7)9/h3-6,12H,1-2H2,(H,14,15). The zero-order valence-electron chi connectivity index (χ0n) is 8.03.